The number of methoxy groups -OCH3 is 1. The molecule has 0 radical (unpaired) electrons. The first kappa shape index (κ1) is 30.8. The van der Waals surface area contributed by atoms with Gasteiger partial charge in [-0.05, 0) is 50.5 Å². The lowest BCUT2D eigenvalue weighted by atomic mass is 10.0. The van der Waals surface area contributed by atoms with Crippen molar-refractivity contribution >= 4 is 22.6 Å². The summed E-state index contributed by atoms with van der Waals surface area (Å²) in [5.41, 5.74) is 8.03. The van der Waals surface area contributed by atoms with E-state index < -0.39 is 0 Å². The minimum atomic E-state index is -0.288. The molecular weight excluding hydrogens is 552 g/mol. The van der Waals surface area contributed by atoms with Gasteiger partial charge in [-0.25, -0.2) is 4.98 Å². The molecule has 230 valence electrons. The fourth-order valence-corrected chi connectivity index (χ4v) is 5.84. The molecule has 5 aromatic rings. The van der Waals surface area contributed by atoms with E-state index in [-0.39, 0.29) is 18.4 Å². The van der Waals surface area contributed by atoms with Crippen molar-refractivity contribution in [3.8, 4) is 22.7 Å². The molecule has 0 spiro atoms. The molecule has 0 bridgehead atoms. The summed E-state index contributed by atoms with van der Waals surface area (Å²) in [6.07, 6.45) is 6.63. The van der Waals surface area contributed by atoms with Crippen molar-refractivity contribution in [3.05, 3.63) is 83.2 Å². The molecule has 1 amide bonds. The van der Waals surface area contributed by atoms with Crippen molar-refractivity contribution in [1.29, 1.82) is 0 Å². The van der Waals surface area contributed by atoms with E-state index in [0.29, 0.717) is 18.6 Å². The van der Waals surface area contributed by atoms with Crippen LogP contribution in [0.3, 0.4) is 0 Å². The monoisotopic (exact) mass is 595 g/mol. The normalized spacial score (nSPS) is 12.0. The van der Waals surface area contributed by atoms with Gasteiger partial charge in [0.2, 0.25) is 17.3 Å². The van der Waals surface area contributed by atoms with Crippen molar-refractivity contribution in [1.82, 2.24) is 25.4 Å². The average Bonchev–Trinajstić information content (AvgIpc) is 3.73. The van der Waals surface area contributed by atoms with Crippen LogP contribution in [0.15, 0.2) is 54.7 Å². The summed E-state index contributed by atoms with van der Waals surface area (Å²) in [5.74, 6) is 1.70. The first-order valence-electron chi connectivity index (χ1n) is 15.5. The molecule has 2 aromatic carbocycles. The Bertz CT molecular complexity index is 1760. The molecule has 1 unspecified atom stereocenters. The number of amides is 1. The SMILES string of the molecule is CCC(=O)CCCCCC(NC(=O)Cc1c(C)[nH]c2ccc(OC)cc12)c1ncc(-c2cccc(-[n+]3[nH]c(C)cc3C)c2)[nH]1. The summed E-state index contributed by atoms with van der Waals surface area (Å²) < 4.78 is 7.49. The second-order valence-corrected chi connectivity index (χ2v) is 11.6. The zero-order chi connectivity index (χ0) is 31.2. The van der Waals surface area contributed by atoms with Gasteiger partial charge >= 0.3 is 0 Å². The van der Waals surface area contributed by atoms with E-state index in [2.05, 4.69) is 56.3 Å². The standard InChI is InChI=1S/C35H42N6O3/c1-6-27(42)13-8-7-9-14-32(38-34(43)20-29-24(4)37-31-16-15-28(44-5)19-30(29)31)35-36-21-33(39-35)25-11-10-12-26(18-25)41-23(3)17-22(2)40-41/h10-12,15-19,21,32,37H,6-9,13-14,20H2,1-5H3,(H2,36,38,39,43)/p+1. The highest BCUT2D eigenvalue weighted by Gasteiger charge is 2.21. The number of hydrogen-bond acceptors (Lipinski definition) is 4. The summed E-state index contributed by atoms with van der Waals surface area (Å²) in [4.78, 5) is 36.9. The maximum absolute atomic E-state index is 13.5. The summed E-state index contributed by atoms with van der Waals surface area (Å²) in [7, 11) is 1.64. The zero-order valence-electron chi connectivity index (χ0n) is 26.3. The molecule has 3 aromatic heterocycles. The summed E-state index contributed by atoms with van der Waals surface area (Å²) >= 11 is 0. The van der Waals surface area contributed by atoms with E-state index >= 15 is 0 Å². The van der Waals surface area contributed by atoms with Crippen LogP contribution >= 0.6 is 0 Å². The Morgan fingerprint density at radius 1 is 1.02 bits per heavy atom. The number of benzene rings is 2. The van der Waals surface area contributed by atoms with Gasteiger partial charge in [-0.2, -0.15) is 5.10 Å². The van der Waals surface area contributed by atoms with Crippen molar-refractivity contribution in [2.45, 2.75) is 78.7 Å². The smallest absolute Gasteiger partial charge is 0.236 e. The Morgan fingerprint density at radius 3 is 2.61 bits per heavy atom. The van der Waals surface area contributed by atoms with Crippen molar-refractivity contribution in [2.75, 3.05) is 7.11 Å². The largest absolute Gasteiger partial charge is 0.497 e. The molecule has 9 nitrogen and oxygen atoms in total. The van der Waals surface area contributed by atoms with Gasteiger partial charge in [-0.15, -0.1) is 0 Å². The first-order valence-corrected chi connectivity index (χ1v) is 15.5. The number of nitrogens with zero attached hydrogens (tertiary/aromatic N) is 2. The second-order valence-electron chi connectivity index (χ2n) is 11.6. The van der Waals surface area contributed by atoms with Crippen molar-refractivity contribution < 1.29 is 19.0 Å². The number of Topliss-reactive ketones (excluding diaryl/α,β-unsaturated/α-hetero) is 1. The number of aromatic amines is 3. The predicted molar refractivity (Wildman–Crippen MR) is 172 cm³/mol. The van der Waals surface area contributed by atoms with Crippen LogP contribution < -0.4 is 14.7 Å². The third kappa shape index (κ3) is 7.10. The fraction of sp³-hybridized carbons (Fsp3) is 0.371. The lowest BCUT2D eigenvalue weighted by Gasteiger charge is -2.17. The Labute approximate surface area is 258 Å². The van der Waals surface area contributed by atoms with Gasteiger partial charge in [-0.1, -0.05) is 36.6 Å². The molecule has 0 saturated heterocycles. The molecule has 0 aliphatic carbocycles. The number of imidazole rings is 1. The maximum Gasteiger partial charge on any atom is 0.236 e. The minimum absolute atomic E-state index is 0.0723. The highest BCUT2D eigenvalue weighted by atomic mass is 16.5. The maximum atomic E-state index is 13.5. The molecule has 0 aliphatic rings. The number of nitrogens with one attached hydrogen (secondary N) is 4. The quantitative estimate of drug-likeness (QED) is 0.0874. The van der Waals surface area contributed by atoms with E-state index in [1.54, 1.807) is 7.11 Å². The van der Waals surface area contributed by atoms with Crippen molar-refractivity contribution in [3.63, 3.8) is 0 Å². The Balaban J connectivity index is 1.35. The Hall–Kier alpha value is -4.66. The number of ketones is 1. The number of carbonyl (C=O) groups excluding carboxylic acids is 2. The number of unbranched alkanes of at least 4 members (excludes halogenated alkanes) is 2. The van der Waals surface area contributed by atoms with Crippen molar-refractivity contribution in [2.24, 2.45) is 0 Å². The molecule has 0 fully saturated rings. The molecule has 44 heavy (non-hydrogen) atoms. The van der Waals surface area contributed by atoms with E-state index in [1.165, 1.54) is 0 Å². The topological polar surface area (TPSA) is 120 Å². The number of ether oxygens (including phenoxy) is 1. The van der Waals surface area contributed by atoms with Crippen LogP contribution in [0.5, 0.6) is 5.75 Å². The van der Waals surface area contributed by atoms with Gasteiger partial charge in [0, 0.05) is 60.1 Å². The summed E-state index contributed by atoms with van der Waals surface area (Å²) in [5, 5.41) is 7.63. The van der Waals surface area contributed by atoms with Crippen LogP contribution in [0.2, 0.25) is 0 Å². The van der Waals surface area contributed by atoms with Crippen LogP contribution in [-0.2, 0) is 16.0 Å². The van der Waals surface area contributed by atoms with Gasteiger partial charge in [0.15, 0.2) is 0 Å². The van der Waals surface area contributed by atoms with Crippen LogP contribution in [0.1, 0.15) is 80.0 Å². The van der Waals surface area contributed by atoms with E-state index in [4.69, 9.17) is 9.72 Å². The molecule has 5 rings (SSSR count). The van der Waals surface area contributed by atoms with Gasteiger partial charge < -0.3 is 20.0 Å². The van der Waals surface area contributed by atoms with Crippen LogP contribution in [0.4, 0.5) is 0 Å². The molecule has 0 aliphatic heterocycles. The first-order chi connectivity index (χ1) is 21.2. The average molecular weight is 596 g/mol. The van der Waals surface area contributed by atoms with Crippen LogP contribution in [-0.4, -0.2) is 38.9 Å². The van der Waals surface area contributed by atoms with Crippen LogP contribution in [0.25, 0.3) is 27.8 Å². The van der Waals surface area contributed by atoms with E-state index in [9.17, 15) is 9.59 Å². The fourth-order valence-electron chi connectivity index (χ4n) is 5.84. The minimum Gasteiger partial charge on any atom is -0.497 e. The number of aromatic nitrogens is 5. The predicted octanol–water partition coefficient (Wildman–Crippen LogP) is 6.43. The molecule has 4 N–H and O–H groups in total. The molecule has 0 saturated carbocycles. The highest BCUT2D eigenvalue weighted by molar-refractivity contribution is 5.91. The second kappa shape index (κ2) is 13.8. The van der Waals surface area contributed by atoms with Gasteiger partial charge in [0.25, 0.3) is 0 Å². The number of aryl methyl sites for hydroxylation is 3. The lowest BCUT2D eigenvalue weighted by molar-refractivity contribution is -0.661. The molecular formula is C35H43N6O3+. The number of carbonyl (C=O) groups is 2. The molecule has 9 heteroatoms. The zero-order valence-corrected chi connectivity index (χ0v) is 26.3. The Kier molecular flexibility index (Phi) is 9.62. The third-order valence-corrected chi connectivity index (χ3v) is 8.25. The van der Waals surface area contributed by atoms with E-state index in [0.717, 1.165) is 87.8 Å². The lowest BCUT2D eigenvalue weighted by Crippen LogP contribution is -2.35. The number of H-pyrrole nitrogens is 3. The van der Waals surface area contributed by atoms with Gasteiger partial charge in [0.1, 0.15) is 17.4 Å². The highest BCUT2D eigenvalue weighted by Crippen LogP contribution is 2.28. The summed E-state index contributed by atoms with van der Waals surface area (Å²) in [6.45, 7) is 8.01. The third-order valence-electron chi connectivity index (χ3n) is 8.25. The Morgan fingerprint density at radius 2 is 1.86 bits per heavy atom. The van der Waals surface area contributed by atoms with Gasteiger partial charge in [-0.3, -0.25) is 9.59 Å². The molecule has 1 atom stereocenters. The number of fused-ring (bicyclic) bond motifs is 1. The molecule has 3 heterocycles. The number of hydrogen-bond donors (Lipinski definition) is 4. The van der Waals surface area contributed by atoms with E-state index in [1.807, 2.05) is 51.2 Å². The van der Waals surface area contributed by atoms with Crippen LogP contribution in [0, 0.1) is 20.8 Å². The van der Waals surface area contributed by atoms with Gasteiger partial charge in [0.05, 0.1) is 37.2 Å². The number of rotatable bonds is 14. The summed E-state index contributed by atoms with van der Waals surface area (Å²) in [6, 6.07) is 16.0.